The van der Waals surface area contributed by atoms with Crippen molar-refractivity contribution in [2.24, 2.45) is 0 Å². The van der Waals surface area contributed by atoms with Crippen LogP contribution >= 0.6 is 0 Å². The first-order valence-electron chi connectivity index (χ1n) is 4.34. The van der Waals surface area contributed by atoms with Crippen LogP contribution in [-0.2, 0) is 4.79 Å². The minimum absolute atomic E-state index is 0.121. The van der Waals surface area contributed by atoms with Gasteiger partial charge in [-0.05, 0) is 0 Å². The van der Waals surface area contributed by atoms with Gasteiger partial charge >= 0.3 is 7.12 Å². The van der Waals surface area contributed by atoms with Crippen LogP contribution in [0.2, 0.25) is 0 Å². The van der Waals surface area contributed by atoms with Gasteiger partial charge in [0, 0.05) is 18.5 Å². The molecule has 0 aliphatic carbocycles. The van der Waals surface area contributed by atoms with Gasteiger partial charge in [0.1, 0.15) is 5.69 Å². The highest BCUT2D eigenvalue weighted by Gasteiger charge is 2.24. The smallest absolute Gasteiger partial charge is 0.423 e. The molecule has 0 aromatic heterocycles. The van der Waals surface area contributed by atoms with Gasteiger partial charge in [0.2, 0.25) is 5.91 Å². The van der Waals surface area contributed by atoms with Gasteiger partial charge in [-0.1, -0.05) is 12.1 Å². The number of nitrogens with zero attached hydrogens (tertiary/aromatic N) is 1. The van der Waals surface area contributed by atoms with Crippen molar-refractivity contribution in [3.8, 4) is 0 Å². The number of amides is 1. The zero-order valence-electron chi connectivity index (χ0n) is 8.38. The summed E-state index contributed by atoms with van der Waals surface area (Å²) in [6.45, 7) is 1.17. The van der Waals surface area contributed by atoms with E-state index >= 15 is 0 Å². The van der Waals surface area contributed by atoms with Crippen molar-refractivity contribution in [2.75, 3.05) is 5.32 Å². The van der Waals surface area contributed by atoms with E-state index in [0.717, 1.165) is 6.07 Å². The van der Waals surface area contributed by atoms with Crippen LogP contribution < -0.4 is 10.8 Å². The van der Waals surface area contributed by atoms with Crippen LogP contribution in [0.15, 0.2) is 18.2 Å². The highest BCUT2D eigenvalue weighted by Crippen LogP contribution is 2.21. The number of anilines is 1. The Morgan fingerprint density at radius 1 is 1.50 bits per heavy atom. The molecule has 0 heterocycles. The molecule has 0 unspecified atom stereocenters. The number of rotatable bonds is 3. The molecule has 7 nitrogen and oxygen atoms in total. The fourth-order valence-electron chi connectivity index (χ4n) is 1.24. The van der Waals surface area contributed by atoms with E-state index in [2.05, 4.69) is 5.32 Å². The van der Waals surface area contributed by atoms with Gasteiger partial charge in [-0.25, -0.2) is 0 Å². The van der Waals surface area contributed by atoms with Gasteiger partial charge in [-0.2, -0.15) is 0 Å². The molecule has 0 fully saturated rings. The number of para-hydroxylation sites is 1. The Kier molecular flexibility index (Phi) is 3.59. The average molecular weight is 224 g/mol. The first-order valence-corrected chi connectivity index (χ1v) is 4.34. The molecule has 1 aromatic rings. The Balaban J connectivity index is 3.34. The lowest BCUT2D eigenvalue weighted by molar-refractivity contribution is -0.383. The third-order valence-electron chi connectivity index (χ3n) is 1.85. The van der Waals surface area contributed by atoms with Crippen molar-refractivity contribution < 1.29 is 19.8 Å². The molecule has 3 N–H and O–H groups in total. The summed E-state index contributed by atoms with van der Waals surface area (Å²) in [5, 5.41) is 30.9. The molecule has 0 aliphatic heterocycles. The number of nitro groups is 1. The van der Waals surface area contributed by atoms with E-state index in [1.165, 1.54) is 19.1 Å². The second-order valence-electron chi connectivity index (χ2n) is 3.05. The lowest BCUT2D eigenvalue weighted by Crippen LogP contribution is -2.33. The summed E-state index contributed by atoms with van der Waals surface area (Å²) < 4.78 is 0. The summed E-state index contributed by atoms with van der Waals surface area (Å²) in [6, 6.07) is 3.75. The van der Waals surface area contributed by atoms with Crippen molar-refractivity contribution in [2.45, 2.75) is 6.92 Å². The van der Waals surface area contributed by atoms with Crippen LogP contribution in [0.4, 0.5) is 11.4 Å². The van der Waals surface area contributed by atoms with Crippen LogP contribution in [0.1, 0.15) is 6.92 Å². The predicted molar refractivity (Wildman–Crippen MR) is 57.2 cm³/mol. The topological polar surface area (TPSA) is 113 Å². The SMILES string of the molecule is CC(=O)Nc1c(B(O)O)cccc1[N+](=O)[O-]. The van der Waals surface area contributed by atoms with Crippen LogP contribution in [0.25, 0.3) is 0 Å². The lowest BCUT2D eigenvalue weighted by atomic mass is 9.78. The Labute approximate surface area is 91.0 Å². The van der Waals surface area contributed by atoms with Gasteiger partial charge in [0.25, 0.3) is 5.69 Å². The van der Waals surface area contributed by atoms with E-state index in [4.69, 9.17) is 10.0 Å². The second-order valence-corrected chi connectivity index (χ2v) is 3.05. The van der Waals surface area contributed by atoms with Crippen LogP contribution in [0.3, 0.4) is 0 Å². The largest absolute Gasteiger partial charge is 0.490 e. The third-order valence-corrected chi connectivity index (χ3v) is 1.85. The highest BCUT2D eigenvalue weighted by atomic mass is 16.6. The fourth-order valence-corrected chi connectivity index (χ4v) is 1.24. The average Bonchev–Trinajstić information content (AvgIpc) is 2.16. The Morgan fingerprint density at radius 3 is 2.56 bits per heavy atom. The minimum atomic E-state index is -1.89. The molecular formula is C8H9BN2O5. The summed E-state index contributed by atoms with van der Waals surface area (Å²) in [7, 11) is -1.89. The lowest BCUT2D eigenvalue weighted by Gasteiger charge is -2.09. The number of benzene rings is 1. The number of nitrogens with one attached hydrogen (secondary N) is 1. The molecule has 0 atom stereocenters. The molecule has 0 saturated carbocycles. The van der Waals surface area contributed by atoms with Crippen molar-refractivity contribution >= 4 is 29.9 Å². The quantitative estimate of drug-likeness (QED) is 0.354. The number of carbonyl (C=O) groups is 1. The molecule has 8 heteroatoms. The van der Waals surface area contributed by atoms with Crippen LogP contribution in [0, 0.1) is 10.1 Å². The number of carbonyl (C=O) groups excluding carboxylic acids is 1. The van der Waals surface area contributed by atoms with E-state index in [0.29, 0.717) is 0 Å². The van der Waals surface area contributed by atoms with Gasteiger partial charge < -0.3 is 15.4 Å². The van der Waals surface area contributed by atoms with E-state index in [-0.39, 0.29) is 16.8 Å². The zero-order valence-corrected chi connectivity index (χ0v) is 8.38. The van der Waals surface area contributed by atoms with Crippen LogP contribution in [0.5, 0.6) is 0 Å². The van der Waals surface area contributed by atoms with Gasteiger partial charge in [0.05, 0.1) is 4.92 Å². The first-order chi connectivity index (χ1) is 7.43. The summed E-state index contributed by atoms with van der Waals surface area (Å²) in [6.07, 6.45) is 0. The summed E-state index contributed by atoms with van der Waals surface area (Å²) >= 11 is 0. The highest BCUT2D eigenvalue weighted by molar-refractivity contribution is 6.61. The number of nitro benzene ring substituents is 1. The molecule has 0 aliphatic rings. The van der Waals surface area contributed by atoms with Gasteiger partial charge in [0.15, 0.2) is 0 Å². The van der Waals surface area contributed by atoms with E-state index in [1.807, 2.05) is 0 Å². The molecule has 0 bridgehead atoms. The molecule has 1 rings (SSSR count). The molecule has 84 valence electrons. The van der Waals surface area contributed by atoms with Crippen molar-refractivity contribution in [1.82, 2.24) is 0 Å². The monoisotopic (exact) mass is 224 g/mol. The first kappa shape index (κ1) is 12.1. The Morgan fingerprint density at radius 2 is 2.12 bits per heavy atom. The number of hydrogen-bond acceptors (Lipinski definition) is 5. The van der Waals surface area contributed by atoms with Crippen molar-refractivity contribution in [1.29, 1.82) is 0 Å². The Bertz CT molecular complexity index is 434. The zero-order chi connectivity index (χ0) is 12.3. The van der Waals surface area contributed by atoms with Gasteiger partial charge in [-0.15, -0.1) is 0 Å². The molecule has 0 radical (unpaired) electrons. The molecular weight excluding hydrogens is 215 g/mol. The van der Waals surface area contributed by atoms with Gasteiger partial charge in [-0.3, -0.25) is 14.9 Å². The normalized spacial score (nSPS) is 9.69. The molecule has 1 aromatic carbocycles. The van der Waals surface area contributed by atoms with E-state index < -0.39 is 17.9 Å². The summed E-state index contributed by atoms with van der Waals surface area (Å²) in [5.74, 6) is -0.531. The molecule has 0 spiro atoms. The maximum Gasteiger partial charge on any atom is 0.490 e. The predicted octanol–water partition coefficient (Wildman–Crippen LogP) is -0.767. The fraction of sp³-hybridized carbons (Fsp3) is 0.125. The van der Waals surface area contributed by atoms with E-state index in [9.17, 15) is 14.9 Å². The molecule has 16 heavy (non-hydrogen) atoms. The number of hydrogen-bond donors (Lipinski definition) is 3. The second kappa shape index (κ2) is 4.73. The Hall–Kier alpha value is -1.93. The minimum Gasteiger partial charge on any atom is -0.423 e. The van der Waals surface area contributed by atoms with E-state index in [1.54, 1.807) is 0 Å². The maximum absolute atomic E-state index is 10.9. The standard InChI is InChI=1S/C8H9BN2O5/c1-5(12)10-8-6(9(13)14)3-2-4-7(8)11(15)16/h2-4,13-14H,1H3,(H,10,12). The third kappa shape index (κ3) is 2.56. The summed E-state index contributed by atoms with van der Waals surface area (Å²) in [4.78, 5) is 20.8. The van der Waals surface area contributed by atoms with Crippen molar-refractivity contribution in [3.05, 3.63) is 28.3 Å². The summed E-state index contributed by atoms with van der Waals surface area (Å²) in [5.41, 5.74) is -0.708. The van der Waals surface area contributed by atoms with Crippen LogP contribution in [-0.4, -0.2) is 28.0 Å². The molecule has 0 saturated heterocycles. The molecule has 1 amide bonds. The maximum atomic E-state index is 10.9. The van der Waals surface area contributed by atoms with Crippen molar-refractivity contribution in [3.63, 3.8) is 0 Å².